The van der Waals surface area contributed by atoms with Crippen molar-refractivity contribution in [2.75, 3.05) is 17.7 Å². The maximum atomic E-state index is 12.4. The number of nitrogens with one attached hydrogen (secondary N) is 2. The first kappa shape index (κ1) is 21.4. The molecule has 2 aromatic heterocycles. The van der Waals surface area contributed by atoms with Gasteiger partial charge in [-0.25, -0.2) is 9.97 Å². The van der Waals surface area contributed by atoms with Crippen LogP contribution in [0.2, 0.25) is 0 Å². The highest BCUT2D eigenvalue weighted by Gasteiger charge is 2.24. The van der Waals surface area contributed by atoms with Gasteiger partial charge in [0, 0.05) is 18.3 Å². The Kier molecular flexibility index (Phi) is 6.69. The third-order valence-corrected chi connectivity index (χ3v) is 5.61. The van der Waals surface area contributed by atoms with E-state index >= 15 is 0 Å². The van der Waals surface area contributed by atoms with E-state index in [2.05, 4.69) is 30.8 Å². The number of methoxy groups -OCH3 is 1. The Hall–Kier alpha value is -3.82. The van der Waals surface area contributed by atoms with Crippen molar-refractivity contribution in [1.29, 1.82) is 0 Å². The Bertz CT molecular complexity index is 1050. The van der Waals surface area contributed by atoms with Gasteiger partial charge in [-0.15, -0.1) is 5.10 Å². The van der Waals surface area contributed by atoms with Gasteiger partial charge in [-0.1, -0.05) is 17.2 Å². The first-order valence-corrected chi connectivity index (χ1v) is 10.5. The molecular weight excluding hydrogens is 412 g/mol. The number of rotatable bonds is 7. The smallest absolute Gasteiger partial charge is 0.321 e. The molecule has 0 aliphatic heterocycles. The van der Waals surface area contributed by atoms with Crippen molar-refractivity contribution < 1.29 is 18.7 Å². The normalized spacial score (nSPS) is 18.0. The average molecular weight is 436 g/mol. The second kappa shape index (κ2) is 9.99. The molecule has 32 heavy (non-hydrogen) atoms. The number of hydrogen-bond donors (Lipinski definition) is 2. The third-order valence-electron chi connectivity index (χ3n) is 5.61. The predicted octanol–water partition coefficient (Wildman–Crippen LogP) is 3.69. The molecule has 0 radical (unpaired) electrons. The Labute approximate surface area is 184 Å². The topological polar surface area (TPSA) is 132 Å². The van der Waals surface area contributed by atoms with Gasteiger partial charge in [0.1, 0.15) is 12.1 Å². The fourth-order valence-corrected chi connectivity index (χ4v) is 3.88. The molecule has 1 amide bonds. The van der Waals surface area contributed by atoms with Crippen molar-refractivity contribution in [3.05, 3.63) is 54.3 Å². The van der Waals surface area contributed by atoms with E-state index in [1.165, 1.54) is 19.0 Å². The predicted molar refractivity (Wildman–Crippen MR) is 115 cm³/mol. The summed E-state index contributed by atoms with van der Waals surface area (Å²) >= 11 is 0. The van der Waals surface area contributed by atoms with Gasteiger partial charge >= 0.3 is 23.8 Å². The highest BCUT2D eigenvalue weighted by molar-refractivity contribution is 6.00. The molecule has 166 valence electrons. The molecule has 10 heteroatoms. The fraction of sp³-hybridized carbons (Fsp3) is 0.364. The van der Waals surface area contributed by atoms with Crippen LogP contribution in [-0.4, -0.2) is 39.2 Å². The molecule has 1 aromatic carbocycles. The maximum absolute atomic E-state index is 12.4. The summed E-state index contributed by atoms with van der Waals surface area (Å²) in [5.74, 6) is 0.552. The minimum absolute atomic E-state index is 0.0620. The van der Waals surface area contributed by atoms with Crippen LogP contribution in [0.1, 0.15) is 54.3 Å². The van der Waals surface area contributed by atoms with E-state index in [1.54, 1.807) is 12.3 Å². The maximum Gasteiger partial charge on any atom is 0.321 e. The average Bonchev–Trinajstić information content (AvgIpc) is 3.29. The lowest BCUT2D eigenvalue weighted by Crippen LogP contribution is -2.17. The van der Waals surface area contributed by atoms with E-state index in [1.807, 2.05) is 24.3 Å². The molecule has 0 bridgehead atoms. The van der Waals surface area contributed by atoms with E-state index in [4.69, 9.17) is 9.15 Å². The summed E-state index contributed by atoms with van der Waals surface area (Å²) in [6.45, 7) is 0. The number of hydrogen-bond acceptors (Lipinski definition) is 9. The van der Waals surface area contributed by atoms with Crippen LogP contribution in [0.15, 0.2) is 47.3 Å². The van der Waals surface area contributed by atoms with Crippen molar-refractivity contribution in [2.24, 2.45) is 5.92 Å². The van der Waals surface area contributed by atoms with Crippen LogP contribution in [-0.2, 0) is 9.53 Å². The highest BCUT2D eigenvalue weighted by atomic mass is 16.5. The summed E-state index contributed by atoms with van der Waals surface area (Å²) in [5, 5.41) is 13.1. The first-order valence-electron chi connectivity index (χ1n) is 10.5. The number of aromatic nitrogens is 4. The quantitative estimate of drug-likeness (QED) is 0.532. The monoisotopic (exact) mass is 436 g/mol. The molecule has 3 aromatic rings. The number of benzene rings is 1. The molecule has 1 saturated carbocycles. The van der Waals surface area contributed by atoms with Crippen LogP contribution in [0.25, 0.3) is 0 Å². The number of nitrogens with zero attached hydrogens (tertiary/aromatic N) is 4. The Morgan fingerprint density at radius 2 is 1.88 bits per heavy atom. The molecule has 0 unspecified atom stereocenters. The minimum atomic E-state index is -0.496. The molecule has 1 fully saturated rings. The van der Waals surface area contributed by atoms with E-state index in [9.17, 15) is 9.59 Å². The molecule has 1 aliphatic carbocycles. The SMILES string of the molecule is COC(=O)CC1CCC(c2ccc(NC(=O)c3nnc(Nc4ccncn4)o3)cc2)CC1. The molecule has 2 heterocycles. The van der Waals surface area contributed by atoms with E-state index in [0.717, 1.165) is 25.7 Å². The first-order chi connectivity index (χ1) is 15.6. The highest BCUT2D eigenvalue weighted by Crippen LogP contribution is 2.37. The van der Waals surface area contributed by atoms with E-state index in [-0.39, 0.29) is 17.9 Å². The second-order valence-electron chi connectivity index (χ2n) is 7.71. The summed E-state index contributed by atoms with van der Waals surface area (Å²) in [7, 11) is 1.43. The van der Waals surface area contributed by atoms with Gasteiger partial charge in [-0.2, -0.15) is 0 Å². The number of ether oxygens (including phenoxy) is 1. The zero-order valence-corrected chi connectivity index (χ0v) is 17.7. The van der Waals surface area contributed by atoms with Crippen LogP contribution in [0.4, 0.5) is 17.5 Å². The van der Waals surface area contributed by atoms with Gasteiger partial charge in [-0.05, 0) is 61.3 Å². The van der Waals surface area contributed by atoms with Gasteiger partial charge in [-0.3, -0.25) is 14.9 Å². The number of esters is 1. The number of carbonyl (C=O) groups excluding carboxylic acids is 2. The van der Waals surface area contributed by atoms with Gasteiger partial charge in [0.25, 0.3) is 0 Å². The Morgan fingerprint density at radius 3 is 2.56 bits per heavy atom. The molecule has 0 atom stereocenters. The summed E-state index contributed by atoms with van der Waals surface area (Å²) in [6, 6.07) is 9.48. The van der Waals surface area contributed by atoms with E-state index < -0.39 is 5.91 Å². The standard InChI is InChI=1S/C22H24N6O4/c1-31-19(29)12-14-2-4-15(5-3-14)16-6-8-17(9-7-16)25-20(30)21-27-28-22(32-21)26-18-10-11-23-13-24-18/h6-11,13-15H,2-5,12H2,1H3,(H,25,30)(H,23,24,26,28). The molecular formula is C22H24N6O4. The lowest BCUT2D eigenvalue weighted by Gasteiger charge is -2.28. The molecule has 4 rings (SSSR count). The number of amides is 1. The van der Waals surface area contributed by atoms with Gasteiger partial charge in [0.15, 0.2) is 0 Å². The fourth-order valence-electron chi connectivity index (χ4n) is 3.88. The van der Waals surface area contributed by atoms with Crippen LogP contribution in [0, 0.1) is 5.92 Å². The number of carbonyl (C=O) groups is 2. The molecule has 2 N–H and O–H groups in total. The van der Waals surface area contributed by atoms with Gasteiger partial charge in [0.05, 0.1) is 7.11 Å². The number of anilines is 3. The van der Waals surface area contributed by atoms with Gasteiger partial charge < -0.3 is 14.5 Å². The van der Waals surface area contributed by atoms with Gasteiger partial charge in [0.2, 0.25) is 0 Å². The minimum Gasteiger partial charge on any atom is -0.469 e. The van der Waals surface area contributed by atoms with Crippen LogP contribution < -0.4 is 10.6 Å². The van der Waals surface area contributed by atoms with E-state index in [0.29, 0.717) is 29.8 Å². The van der Waals surface area contributed by atoms with Crippen LogP contribution in [0.5, 0.6) is 0 Å². The molecule has 10 nitrogen and oxygen atoms in total. The summed E-state index contributed by atoms with van der Waals surface area (Å²) in [5.41, 5.74) is 1.87. The second-order valence-corrected chi connectivity index (χ2v) is 7.71. The zero-order valence-electron chi connectivity index (χ0n) is 17.7. The van der Waals surface area contributed by atoms with Crippen LogP contribution in [0.3, 0.4) is 0 Å². The largest absolute Gasteiger partial charge is 0.469 e. The Morgan fingerprint density at radius 1 is 1.09 bits per heavy atom. The summed E-state index contributed by atoms with van der Waals surface area (Å²) < 4.78 is 10.1. The van der Waals surface area contributed by atoms with Crippen molar-refractivity contribution in [3.63, 3.8) is 0 Å². The lowest BCUT2D eigenvalue weighted by molar-refractivity contribution is -0.142. The summed E-state index contributed by atoms with van der Waals surface area (Å²) in [4.78, 5) is 31.7. The van der Waals surface area contributed by atoms with Crippen LogP contribution >= 0.6 is 0 Å². The lowest BCUT2D eigenvalue weighted by atomic mass is 9.77. The summed E-state index contributed by atoms with van der Waals surface area (Å²) in [6.07, 6.45) is 7.55. The Balaban J connectivity index is 1.29. The van der Waals surface area contributed by atoms with Crippen molar-refractivity contribution in [3.8, 4) is 0 Å². The van der Waals surface area contributed by atoms with Crippen molar-refractivity contribution >= 4 is 29.4 Å². The third kappa shape index (κ3) is 5.45. The van der Waals surface area contributed by atoms with Crippen molar-refractivity contribution in [1.82, 2.24) is 20.2 Å². The molecule has 1 aliphatic rings. The molecule has 0 spiro atoms. The zero-order chi connectivity index (χ0) is 22.3. The van der Waals surface area contributed by atoms with Crippen molar-refractivity contribution in [2.45, 2.75) is 38.0 Å². The molecule has 0 saturated heterocycles.